The molecular formula is C22H26N2OS. The fraction of sp³-hybridized carbons (Fsp3) is 0.364. The summed E-state index contributed by atoms with van der Waals surface area (Å²) in [6.07, 6.45) is 2.73. The molecule has 1 aliphatic heterocycles. The standard InChI is InChI=1S/C22H26N2OS/c1-14(2)21-17-6-4-5-7-19(17)23-22(21)18-12-16(26-3)8-9-20(18)24-11-10-15(25)13-24/h4-9,12,14-15,23,25H,10-11,13H2,1-3H3. The van der Waals surface area contributed by atoms with Crippen LogP contribution in [0.4, 0.5) is 5.69 Å². The van der Waals surface area contributed by atoms with Gasteiger partial charge in [-0.15, -0.1) is 11.8 Å². The first kappa shape index (κ1) is 17.5. The van der Waals surface area contributed by atoms with Crippen LogP contribution in [0.25, 0.3) is 22.2 Å². The molecule has 3 nitrogen and oxygen atoms in total. The number of nitrogens with one attached hydrogen (secondary N) is 1. The number of nitrogens with zero attached hydrogens (tertiary/aromatic N) is 1. The van der Waals surface area contributed by atoms with E-state index in [1.807, 2.05) is 0 Å². The second-order valence-corrected chi connectivity index (χ2v) is 8.27. The number of aromatic amines is 1. The summed E-state index contributed by atoms with van der Waals surface area (Å²) in [6, 6.07) is 15.3. The molecule has 4 rings (SSSR count). The van der Waals surface area contributed by atoms with Crippen LogP contribution < -0.4 is 4.90 Å². The van der Waals surface area contributed by atoms with E-state index in [1.54, 1.807) is 11.8 Å². The third kappa shape index (κ3) is 3.01. The second-order valence-electron chi connectivity index (χ2n) is 7.39. The number of para-hydroxylation sites is 1. The lowest BCUT2D eigenvalue weighted by molar-refractivity contribution is 0.198. The minimum Gasteiger partial charge on any atom is -0.391 e. The van der Waals surface area contributed by atoms with Crippen molar-refractivity contribution in [3.63, 3.8) is 0 Å². The third-order valence-electron chi connectivity index (χ3n) is 5.30. The van der Waals surface area contributed by atoms with E-state index in [0.29, 0.717) is 12.5 Å². The van der Waals surface area contributed by atoms with Gasteiger partial charge in [0.05, 0.1) is 11.8 Å². The molecule has 26 heavy (non-hydrogen) atoms. The van der Waals surface area contributed by atoms with Crippen LogP contribution in [0.1, 0.15) is 31.7 Å². The molecular weight excluding hydrogens is 340 g/mol. The minimum atomic E-state index is -0.227. The Kier molecular flexibility index (Phi) is 4.72. The number of aliphatic hydroxyl groups is 1. The third-order valence-corrected chi connectivity index (χ3v) is 6.03. The van der Waals surface area contributed by atoms with Gasteiger partial charge >= 0.3 is 0 Å². The summed E-state index contributed by atoms with van der Waals surface area (Å²) in [4.78, 5) is 7.27. The Morgan fingerprint density at radius 2 is 2.00 bits per heavy atom. The number of β-amino-alcohol motifs (C(OH)–C–C–N with tert-alkyl or cyclic N) is 1. The highest BCUT2D eigenvalue weighted by Crippen LogP contribution is 2.41. The van der Waals surface area contributed by atoms with Crippen LogP contribution in [0.15, 0.2) is 47.4 Å². The molecule has 4 heteroatoms. The minimum absolute atomic E-state index is 0.227. The Bertz CT molecular complexity index is 931. The topological polar surface area (TPSA) is 39.3 Å². The van der Waals surface area contributed by atoms with Gasteiger partial charge in [-0.2, -0.15) is 0 Å². The molecule has 1 aliphatic rings. The molecule has 2 heterocycles. The van der Waals surface area contributed by atoms with Gasteiger partial charge < -0.3 is 15.0 Å². The van der Waals surface area contributed by atoms with Crippen molar-refractivity contribution in [2.45, 2.75) is 37.2 Å². The van der Waals surface area contributed by atoms with Crippen molar-refractivity contribution < 1.29 is 5.11 Å². The van der Waals surface area contributed by atoms with Gasteiger partial charge in [-0.25, -0.2) is 0 Å². The molecule has 2 N–H and O–H groups in total. The normalized spacial score (nSPS) is 17.6. The van der Waals surface area contributed by atoms with Crippen molar-refractivity contribution in [1.29, 1.82) is 0 Å². The summed E-state index contributed by atoms with van der Waals surface area (Å²) in [6.45, 7) is 6.14. The number of aromatic nitrogens is 1. The highest BCUT2D eigenvalue weighted by atomic mass is 32.2. The predicted octanol–water partition coefficient (Wildman–Crippen LogP) is 5.25. The fourth-order valence-corrected chi connectivity index (χ4v) is 4.49. The maximum Gasteiger partial charge on any atom is 0.0731 e. The van der Waals surface area contributed by atoms with E-state index in [0.717, 1.165) is 13.0 Å². The van der Waals surface area contributed by atoms with Gasteiger partial charge in [0.25, 0.3) is 0 Å². The Balaban J connectivity index is 1.94. The van der Waals surface area contributed by atoms with Gasteiger partial charge in [0.15, 0.2) is 0 Å². The van der Waals surface area contributed by atoms with Crippen LogP contribution in [0.2, 0.25) is 0 Å². The Morgan fingerprint density at radius 3 is 2.69 bits per heavy atom. The quantitative estimate of drug-likeness (QED) is 0.619. The van der Waals surface area contributed by atoms with Gasteiger partial charge in [0.2, 0.25) is 0 Å². The molecule has 0 bridgehead atoms. The SMILES string of the molecule is CSc1ccc(N2CCC(O)C2)c(-c2[nH]c3ccccc3c2C(C)C)c1. The Hall–Kier alpha value is -1.91. The first-order chi connectivity index (χ1) is 12.6. The highest BCUT2D eigenvalue weighted by molar-refractivity contribution is 7.98. The smallest absolute Gasteiger partial charge is 0.0731 e. The first-order valence-corrected chi connectivity index (χ1v) is 10.5. The van der Waals surface area contributed by atoms with Gasteiger partial charge in [-0.05, 0) is 48.4 Å². The molecule has 0 amide bonds. The second kappa shape index (κ2) is 7.01. The average molecular weight is 367 g/mol. The molecule has 1 fully saturated rings. The van der Waals surface area contributed by atoms with Crippen LogP contribution in [0.3, 0.4) is 0 Å². The van der Waals surface area contributed by atoms with Crippen molar-refractivity contribution in [3.05, 3.63) is 48.0 Å². The number of H-pyrrole nitrogens is 1. The van der Waals surface area contributed by atoms with Crippen molar-refractivity contribution in [2.24, 2.45) is 0 Å². The van der Waals surface area contributed by atoms with E-state index in [1.165, 1.54) is 38.3 Å². The maximum atomic E-state index is 10.0. The number of thioether (sulfide) groups is 1. The molecule has 0 spiro atoms. The van der Waals surface area contributed by atoms with Gasteiger partial charge in [0, 0.05) is 40.1 Å². The van der Waals surface area contributed by atoms with Gasteiger partial charge in [-0.1, -0.05) is 32.0 Å². The van der Waals surface area contributed by atoms with Crippen LogP contribution in [-0.2, 0) is 0 Å². The monoisotopic (exact) mass is 366 g/mol. The summed E-state index contributed by atoms with van der Waals surface area (Å²) >= 11 is 1.77. The number of anilines is 1. The molecule has 2 aromatic carbocycles. The van der Waals surface area contributed by atoms with Crippen molar-refractivity contribution in [3.8, 4) is 11.3 Å². The summed E-state index contributed by atoms with van der Waals surface area (Å²) < 4.78 is 0. The first-order valence-electron chi connectivity index (χ1n) is 9.30. The largest absolute Gasteiger partial charge is 0.391 e. The number of fused-ring (bicyclic) bond motifs is 1. The lowest BCUT2D eigenvalue weighted by atomic mass is 9.95. The molecule has 136 valence electrons. The Labute approximate surface area is 159 Å². The van der Waals surface area contributed by atoms with Crippen LogP contribution in [0, 0.1) is 0 Å². The zero-order valence-electron chi connectivity index (χ0n) is 15.6. The molecule has 0 aliphatic carbocycles. The van der Waals surface area contributed by atoms with Crippen LogP contribution >= 0.6 is 11.8 Å². The van der Waals surface area contributed by atoms with Crippen molar-refractivity contribution in [2.75, 3.05) is 24.2 Å². The van der Waals surface area contributed by atoms with E-state index in [9.17, 15) is 5.11 Å². The molecule has 1 saturated heterocycles. The zero-order chi connectivity index (χ0) is 18.3. The molecule has 3 aromatic rings. The molecule has 1 aromatic heterocycles. The Morgan fingerprint density at radius 1 is 1.19 bits per heavy atom. The van der Waals surface area contributed by atoms with E-state index >= 15 is 0 Å². The summed E-state index contributed by atoms with van der Waals surface area (Å²) in [5, 5.41) is 11.3. The van der Waals surface area contributed by atoms with Crippen LogP contribution in [0.5, 0.6) is 0 Å². The number of rotatable bonds is 4. The van der Waals surface area contributed by atoms with Crippen LogP contribution in [-0.4, -0.2) is 35.5 Å². The predicted molar refractivity (Wildman–Crippen MR) is 112 cm³/mol. The molecule has 0 radical (unpaired) electrons. The van der Waals surface area contributed by atoms with Crippen molar-refractivity contribution in [1.82, 2.24) is 4.98 Å². The maximum absolute atomic E-state index is 10.0. The number of aliphatic hydroxyl groups excluding tert-OH is 1. The molecule has 0 saturated carbocycles. The van der Waals surface area contributed by atoms with E-state index in [4.69, 9.17) is 0 Å². The van der Waals surface area contributed by atoms with Gasteiger partial charge in [-0.3, -0.25) is 0 Å². The molecule has 1 atom stereocenters. The van der Waals surface area contributed by atoms with E-state index < -0.39 is 0 Å². The van der Waals surface area contributed by atoms with Crippen molar-refractivity contribution >= 4 is 28.4 Å². The average Bonchev–Trinajstić information content (AvgIpc) is 3.24. The van der Waals surface area contributed by atoms with E-state index in [2.05, 4.69) is 72.5 Å². The van der Waals surface area contributed by atoms with E-state index in [-0.39, 0.29) is 6.10 Å². The fourth-order valence-electron chi connectivity index (χ4n) is 4.05. The number of benzene rings is 2. The lowest BCUT2D eigenvalue weighted by Crippen LogP contribution is -2.21. The number of hydrogen-bond acceptors (Lipinski definition) is 3. The zero-order valence-corrected chi connectivity index (χ0v) is 16.4. The molecule has 1 unspecified atom stereocenters. The summed E-state index contributed by atoms with van der Waals surface area (Å²) in [5.74, 6) is 0.427. The van der Waals surface area contributed by atoms with Gasteiger partial charge in [0.1, 0.15) is 0 Å². The summed E-state index contributed by atoms with van der Waals surface area (Å²) in [5.41, 5.74) is 6.24. The lowest BCUT2D eigenvalue weighted by Gasteiger charge is -2.23. The summed E-state index contributed by atoms with van der Waals surface area (Å²) in [7, 11) is 0. The highest BCUT2D eigenvalue weighted by Gasteiger charge is 2.25. The number of hydrogen-bond donors (Lipinski definition) is 2.